The van der Waals surface area contributed by atoms with Gasteiger partial charge in [-0.25, -0.2) is 8.42 Å². The number of carbonyl (C=O) groups excluding carboxylic acids is 1. The Morgan fingerprint density at radius 1 is 0.975 bits per heavy atom. The van der Waals surface area contributed by atoms with E-state index in [4.69, 9.17) is 4.74 Å². The van der Waals surface area contributed by atoms with Gasteiger partial charge in [-0.1, -0.05) is 12.1 Å². The van der Waals surface area contributed by atoms with E-state index in [-0.39, 0.29) is 22.8 Å². The van der Waals surface area contributed by atoms with Crippen LogP contribution in [-0.4, -0.2) is 46.7 Å². The number of rotatable bonds is 5. The van der Waals surface area contributed by atoms with Gasteiger partial charge in [0.05, 0.1) is 28.4 Å². The molecule has 1 amide bonds. The summed E-state index contributed by atoms with van der Waals surface area (Å²) in [7, 11) is -1.98. The van der Waals surface area contributed by atoms with Crippen molar-refractivity contribution in [1.82, 2.24) is 0 Å². The third-order valence-electron chi connectivity index (χ3n) is 7.99. The van der Waals surface area contributed by atoms with Crippen LogP contribution >= 0.6 is 0 Å². The van der Waals surface area contributed by atoms with E-state index in [2.05, 4.69) is 17.5 Å². The van der Waals surface area contributed by atoms with E-state index in [0.717, 1.165) is 29.9 Å². The number of ether oxygens (including phenoxy) is 1. The maximum Gasteiger partial charge on any atom is 0.264 e. The van der Waals surface area contributed by atoms with Crippen molar-refractivity contribution in [3.63, 3.8) is 0 Å². The molecule has 2 atom stereocenters. The van der Waals surface area contributed by atoms with Gasteiger partial charge >= 0.3 is 0 Å². The lowest BCUT2D eigenvalue weighted by Gasteiger charge is -2.44. The predicted octanol–water partition coefficient (Wildman–Crippen LogP) is 5.05. The molecule has 0 bridgehead atoms. The second kappa shape index (κ2) is 11.7. The van der Waals surface area contributed by atoms with E-state index in [1.165, 1.54) is 4.90 Å². The Morgan fingerprint density at radius 3 is 2.50 bits per heavy atom. The van der Waals surface area contributed by atoms with E-state index in [1.54, 1.807) is 31.3 Å². The molecule has 10 heteroatoms. The molecule has 5 rings (SSSR count). The monoisotopic (exact) mass is 559 g/mol. The van der Waals surface area contributed by atoms with E-state index >= 15 is 0 Å². The molecule has 208 valence electrons. The molecule has 2 aliphatic heterocycles. The lowest BCUT2D eigenvalue weighted by molar-refractivity contribution is -0.119. The van der Waals surface area contributed by atoms with Crippen LogP contribution in [-0.2, 0) is 19.4 Å². The zero-order valence-corrected chi connectivity index (χ0v) is 23.4. The SMILES string of the molecule is CN1C(=O)[C@@H](C#N)N(C2CCOCC2)c2cc(Nc3cccc(S(=O)(=O)/C4=C\CCC(C#N)CCC4)c3)ccc21. The van der Waals surface area contributed by atoms with Crippen LogP contribution in [0.25, 0.3) is 0 Å². The summed E-state index contributed by atoms with van der Waals surface area (Å²) < 4.78 is 32.5. The van der Waals surface area contributed by atoms with Gasteiger partial charge in [0.15, 0.2) is 6.04 Å². The Labute approximate surface area is 235 Å². The Morgan fingerprint density at radius 2 is 1.75 bits per heavy atom. The van der Waals surface area contributed by atoms with Gasteiger partial charge in [0.2, 0.25) is 9.84 Å². The Kier molecular flexibility index (Phi) is 8.11. The van der Waals surface area contributed by atoms with E-state index < -0.39 is 15.9 Å². The van der Waals surface area contributed by atoms with Crippen LogP contribution in [0.2, 0.25) is 0 Å². The quantitative estimate of drug-likeness (QED) is 0.540. The highest BCUT2D eigenvalue weighted by Gasteiger charge is 2.40. The van der Waals surface area contributed by atoms with Gasteiger partial charge in [0.1, 0.15) is 0 Å². The van der Waals surface area contributed by atoms with Crippen LogP contribution in [0, 0.1) is 28.6 Å². The summed E-state index contributed by atoms with van der Waals surface area (Å²) >= 11 is 0. The van der Waals surface area contributed by atoms with Crippen molar-refractivity contribution in [3.05, 3.63) is 53.4 Å². The molecule has 2 heterocycles. The average molecular weight is 560 g/mol. The van der Waals surface area contributed by atoms with Crippen molar-refractivity contribution in [3.8, 4) is 12.1 Å². The number of benzene rings is 2. The molecular formula is C30H33N5O4S. The second-order valence-corrected chi connectivity index (χ2v) is 12.5. The van der Waals surface area contributed by atoms with E-state index in [1.807, 2.05) is 29.2 Å². The first-order chi connectivity index (χ1) is 19.3. The maximum absolute atomic E-state index is 13.5. The van der Waals surface area contributed by atoms with Crippen molar-refractivity contribution in [2.75, 3.05) is 35.4 Å². The fraction of sp³-hybridized carbons (Fsp3) is 0.433. The van der Waals surface area contributed by atoms with Gasteiger partial charge in [-0.15, -0.1) is 0 Å². The summed E-state index contributed by atoms with van der Waals surface area (Å²) in [6.45, 7) is 1.15. The molecule has 0 spiro atoms. The van der Waals surface area contributed by atoms with Gasteiger partial charge in [-0.3, -0.25) is 4.79 Å². The summed E-state index contributed by atoms with van der Waals surface area (Å²) in [5, 5.41) is 22.5. The van der Waals surface area contributed by atoms with Gasteiger partial charge < -0.3 is 19.9 Å². The summed E-state index contributed by atoms with van der Waals surface area (Å²) in [5.41, 5.74) is 2.84. The Bertz CT molecular complexity index is 1500. The molecule has 9 nitrogen and oxygen atoms in total. The van der Waals surface area contributed by atoms with Gasteiger partial charge in [-0.05, 0) is 81.3 Å². The first kappa shape index (κ1) is 27.7. The van der Waals surface area contributed by atoms with Gasteiger partial charge in [0, 0.05) is 48.5 Å². The van der Waals surface area contributed by atoms with E-state index in [0.29, 0.717) is 55.9 Å². The molecule has 1 saturated heterocycles. The molecule has 0 radical (unpaired) electrons. The highest BCUT2D eigenvalue weighted by Crippen LogP contribution is 2.41. The minimum atomic E-state index is -3.66. The zero-order valence-electron chi connectivity index (χ0n) is 22.5. The number of hydrogen-bond acceptors (Lipinski definition) is 8. The summed E-state index contributed by atoms with van der Waals surface area (Å²) in [6, 6.07) is 16.0. The van der Waals surface area contributed by atoms with Gasteiger partial charge in [0.25, 0.3) is 5.91 Å². The van der Waals surface area contributed by atoms with Crippen molar-refractivity contribution in [2.45, 2.75) is 61.9 Å². The van der Waals surface area contributed by atoms with Crippen LogP contribution in [0.3, 0.4) is 0 Å². The fourth-order valence-corrected chi connectivity index (χ4v) is 7.38. The van der Waals surface area contributed by atoms with E-state index in [9.17, 15) is 23.7 Å². The average Bonchev–Trinajstić information content (AvgIpc) is 2.95. The number of fused-ring (bicyclic) bond motifs is 1. The Hall–Kier alpha value is -3.86. The minimum absolute atomic E-state index is 0.000917. The lowest BCUT2D eigenvalue weighted by atomic mass is 9.95. The molecule has 0 saturated carbocycles. The van der Waals surface area contributed by atoms with Crippen LogP contribution in [0.5, 0.6) is 0 Å². The number of likely N-dealkylation sites (N-methyl/N-ethyl adjacent to an activating group) is 1. The van der Waals surface area contributed by atoms with Crippen LogP contribution in [0.4, 0.5) is 22.7 Å². The number of nitrogens with one attached hydrogen (secondary N) is 1. The maximum atomic E-state index is 13.5. The number of nitriles is 2. The largest absolute Gasteiger partial charge is 0.381 e. The number of sulfone groups is 1. The predicted molar refractivity (Wildman–Crippen MR) is 153 cm³/mol. The molecule has 40 heavy (non-hydrogen) atoms. The number of anilines is 4. The van der Waals surface area contributed by atoms with Crippen LogP contribution in [0.15, 0.2) is 58.3 Å². The van der Waals surface area contributed by atoms with Crippen LogP contribution < -0.4 is 15.1 Å². The highest BCUT2D eigenvalue weighted by molar-refractivity contribution is 7.95. The molecule has 1 unspecified atom stereocenters. The number of hydrogen-bond donors (Lipinski definition) is 1. The zero-order chi connectivity index (χ0) is 28.3. The topological polar surface area (TPSA) is 127 Å². The molecular weight excluding hydrogens is 526 g/mol. The molecule has 1 aliphatic carbocycles. The van der Waals surface area contributed by atoms with Crippen molar-refractivity contribution in [1.29, 1.82) is 10.5 Å². The number of amides is 1. The third-order valence-corrected chi connectivity index (χ3v) is 9.92. The van der Waals surface area contributed by atoms with Gasteiger partial charge in [-0.2, -0.15) is 10.5 Å². The van der Waals surface area contributed by atoms with Crippen molar-refractivity contribution >= 4 is 38.5 Å². The molecule has 2 aromatic rings. The number of allylic oxidation sites excluding steroid dienone is 2. The summed E-state index contributed by atoms with van der Waals surface area (Å²) in [6.07, 6.45) is 6.27. The standard InChI is InChI=1S/C30H33N5O4S/c1-34-27-12-11-23(18-28(27)35(29(20-32)30(34)36)24-13-15-39-16-14-24)33-22-7-4-10-26(17-22)40(37,38)25-8-2-5-21(19-31)6-3-9-25/h4,7-8,10-12,17-18,21,24,29,33H,2-3,5-6,9,13-16H2,1H3/b25-8-/t21?,29-/m1/s1. The normalized spacial score (nSPS) is 23.6. The minimum Gasteiger partial charge on any atom is -0.381 e. The van der Waals surface area contributed by atoms with Crippen molar-refractivity contribution < 1.29 is 17.9 Å². The first-order valence-electron chi connectivity index (χ1n) is 13.7. The first-order valence-corrected chi connectivity index (χ1v) is 15.2. The third kappa shape index (κ3) is 5.42. The summed E-state index contributed by atoms with van der Waals surface area (Å²) in [5.74, 6) is -0.278. The second-order valence-electron chi connectivity index (χ2n) is 10.5. The lowest BCUT2D eigenvalue weighted by Crippen LogP contribution is -2.56. The molecule has 1 N–H and O–H groups in total. The van der Waals surface area contributed by atoms with Crippen LogP contribution in [0.1, 0.15) is 44.9 Å². The fourth-order valence-electron chi connectivity index (χ4n) is 5.79. The molecule has 2 aromatic carbocycles. The number of carbonyl (C=O) groups is 1. The molecule has 0 aromatic heterocycles. The highest BCUT2D eigenvalue weighted by atomic mass is 32.2. The van der Waals surface area contributed by atoms with Crippen molar-refractivity contribution in [2.24, 2.45) is 5.92 Å². The molecule has 1 fully saturated rings. The summed E-state index contributed by atoms with van der Waals surface area (Å²) in [4.78, 5) is 17.1. The molecule has 3 aliphatic rings. The Balaban J connectivity index is 1.43. The smallest absolute Gasteiger partial charge is 0.264 e. The number of nitrogens with zero attached hydrogens (tertiary/aromatic N) is 4.